The van der Waals surface area contributed by atoms with E-state index >= 15 is 0 Å². The van der Waals surface area contributed by atoms with Crippen LogP contribution in [0, 0.1) is 0 Å². The Morgan fingerprint density at radius 2 is 2.12 bits per heavy atom. The molecule has 0 aliphatic carbocycles. The summed E-state index contributed by atoms with van der Waals surface area (Å²) in [6, 6.07) is 11.7. The van der Waals surface area contributed by atoms with E-state index in [1.54, 1.807) is 0 Å². The molecule has 0 spiro atoms. The van der Waals surface area contributed by atoms with E-state index in [4.69, 9.17) is 0 Å². The van der Waals surface area contributed by atoms with Crippen molar-refractivity contribution >= 4 is 0 Å². The molecule has 0 aromatic heterocycles. The van der Waals surface area contributed by atoms with Crippen molar-refractivity contribution in [3.05, 3.63) is 35.9 Å². The Morgan fingerprint density at radius 3 is 2.88 bits per heavy atom. The maximum atomic E-state index is 2.47. The van der Waals surface area contributed by atoms with E-state index in [-0.39, 0.29) is 0 Å². The first kappa shape index (κ1) is 11.6. The molecule has 2 nitrogen and oxygen atoms in total. The number of nitrogens with two attached hydrogens (primary N) is 1. The Hall–Kier alpha value is -0.860. The Kier molecular flexibility index (Phi) is 4.37. The molecule has 2 rings (SSSR count). The van der Waals surface area contributed by atoms with E-state index in [0.29, 0.717) is 0 Å². The lowest BCUT2D eigenvalue weighted by molar-refractivity contribution is -0.925. The van der Waals surface area contributed by atoms with Crippen molar-refractivity contribution in [3.63, 3.8) is 0 Å². The van der Waals surface area contributed by atoms with Gasteiger partial charge in [0, 0.05) is 18.4 Å². The van der Waals surface area contributed by atoms with Crippen molar-refractivity contribution < 1.29 is 10.2 Å². The Bertz CT molecular complexity index is 297. The zero-order valence-corrected chi connectivity index (χ0v) is 10.3. The molecule has 1 aromatic rings. The van der Waals surface area contributed by atoms with Crippen molar-refractivity contribution in [2.24, 2.45) is 0 Å². The molecule has 0 bridgehead atoms. The third kappa shape index (κ3) is 3.06. The van der Waals surface area contributed by atoms with Gasteiger partial charge in [-0.2, -0.15) is 0 Å². The van der Waals surface area contributed by atoms with Crippen molar-refractivity contribution in [1.29, 1.82) is 0 Å². The van der Waals surface area contributed by atoms with Crippen LogP contribution in [0.5, 0.6) is 0 Å². The number of nitrogens with one attached hydrogen (secondary N) is 1. The summed E-state index contributed by atoms with van der Waals surface area (Å²) >= 11 is 0. The van der Waals surface area contributed by atoms with Crippen LogP contribution in [-0.2, 0) is 6.54 Å². The molecule has 0 amide bonds. The topological polar surface area (TPSA) is 21.1 Å². The summed E-state index contributed by atoms with van der Waals surface area (Å²) in [6.07, 6.45) is 2.85. The van der Waals surface area contributed by atoms with Gasteiger partial charge < -0.3 is 10.2 Å². The van der Waals surface area contributed by atoms with Crippen molar-refractivity contribution in [2.75, 3.05) is 19.6 Å². The molecule has 2 heteroatoms. The summed E-state index contributed by atoms with van der Waals surface area (Å²) in [5.74, 6) is 0. The predicted molar refractivity (Wildman–Crippen MR) is 66.3 cm³/mol. The number of likely N-dealkylation sites (tertiary alicyclic amines) is 1. The molecular formula is C14H24N2+2. The largest absolute Gasteiger partial charge is 0.338 e. The number of likely N-dealkylation sites (N-methyl/N-ethyl adjacent to an activating group) is 1. The normalized spacial score (nSPS) is 24.8. The lowest BCUT2D eigenvalue weighted by atomic mass is 10.2. The average Bonchev–Trinajstić information content (AvgIpc) is 2.78. The maximum Gasteiger partial charge on any atom is 0.137 e. The fourth-order valence-electron chi connectivity index (χ4n) is 2.80. The van der Waals surface area contributed by atoms with Crippen LogP contribution in [0.3, 0.4) is 0 Å². The van der Waals surface area contributed by atoms with Gasteiger partial charge >= 0.3 is 0 Å². The van der Waals surface area contributed by atoms with Gasteiger partial charge in [0.2, 0.25) is 0 Å². The van der Waals surface area contributed by atoms with Gasteiger partial charge in [-0.3, -0.25) is 0 Å². The molecule has 1 aliphatic rings. The summed E-state index contributed by atoms with van der Waals surface area (Å²) in [5, 5.41) is 2.47. The smallest absolute Gasteiger partial charge is 0.137 e. The van der Waals surface area contributed by atoms with Gasteiger partial charge in [-0.15, -0.1) is 0 Å². The van der Waals surface area contributed by atoms with Crippen LogP contribution < -0.4 is 10.2 Å². The summed E-state index contributed by atoms with van der Waals surface area (Å²) in [7, 11) is 0. The summed E-state index contributed by atoms with van der Waals surface area (Å²) in [5.41, 5.74) is 1.44. The lowest BCUT2D eigenvalue weighted by Crippen LogP contribution is -3.16. The molecule has 3 N–H and O–H groups in total. The third-order valence-corrected chi connectivity index (χ3v) is 3.76. The van der Waals surface area contributed by atoms with E-state index in [1.165, 1.54) is 38.0 Å². The minimum atomic E-state index is 0.897. The zero-order valence-electron chi connectivity index (χ0n) is 10.3. The fraction of sp³-hybridized carbons (Fsp3) is 0.571. The first-order chi connectivity index (χ1) is 7.90. The first-order valence-electron chi connectivity index (χ1n) is 6.60. The van der Waals surface area contributed by atoms with E-state index in [1.807, 2.05) is 4.90 Å². The van der Waals surface area contributed by atoms with E-state index in [2.05, 4.69) is 42.6 Å². The number of rotatable bonds is 5. The van der Waals surface area contributed by atoms with Gasteiger partial charge in [0.25, 0.3) is 0 Å². The second kappa shape index (κ2) is 6.02. The number of hydrogen-bond donors (Lipinski definition) is 2. The van der Waals surface area contributed by atoms with Crippen LogP contribution in [-0.4, -0.2) is 25.7 Å². The highest BCUT2D eigenvalue weighted by atomic mass is 15.2. The van der Waals surface area contributed by atoms with Crippen LogP contribution >= 0.6 is 0 Å². The highest BCUT2D eigenvalue weighted by Gasteiger charge is 2.27. The lowest BCUT2D eigenvalue weighted by Gasteiger charge is -2.18. The molecular weight excluding hydrogens is 196 g/mol. The van der Waals surface area contributed by atoms with Crippen LogP contribution in [0.2, 0.25) is 0 Å². The van der Waals surface area contributed by atoms with E-state index in [0.717, 1.165) is 12.6 Å². The second-order valence-corrected chi connectivity index (χ2v) is 4.82. The van der Waals surface area contributed by atoms with Gasteiger partial charge in [0.15, 0.2) is 0 Å². The number of benzene rings is 1. The molecule has 1 saturated heterocycles. The fourth-order valence-corrected chi connectivity index (χ4v) is 2.80. The molecule has 1 fully saturated rings. The van der Waals surface area contributed by atoms with Crippen molar-refractivity contribution in [2.45, 2.75) is 32.4 Å². The van der Waals surface area contributed by atoms with E-state index < -0.39 is 0 Å². The molecule has 2 atom stereocenters. The maximum absolute atomic E-state index is 2.47. The average molecular weight is 220 g/mol. The van der Waals surface area contributed by atoms with Gasteiger partial charge in [-0.05, 0) is 6.92 Å². The molecule has 16 heavy (non-hydrogen) atoms. The molecule has 1 heterocycles. The molecule has 88 valence electrons. The molecule has 1 unspecified atom stereocenters. The molecule has 1 aliphatic heterocycles. The van der Waals surface area contributed by atoms with Crippen LogP contribution in [0.25, 0.3) is 0 Å². The van der Waals surface area contributed by atoms with Gasteiger partial charge in [0.1, 0.15) is 19.1 Å². The highest BCUT2D eigenvalue weighted by molar-refractivity contribution is 5.12. The van der Waals surface area contributed by atoms with Gasteiger partial charge in [-0.25, -0.2) is 0 Å². The van der Waals surface area contributed by atoms with Crippen LogP contribution in [0.4, 0.5) is 0 Å². The Labute approximate surface area is 98.7 Å². The van der Waals surface area contributed by atoms with Gasteiger partial charge in [0.05, 0.1) is 13.1 Å². The van der Waals surface area contributed by atoms with Crippen LogP contribution in [0.1, 0.15) is 25.3 Å². The van der Waals surface area contributed by atoms with Crippen molar-refractivity contribution in [1.82, 2.24) is 0 Å². The van der Waals surface area contributed by atoms with Gasteiger partial charge in [-0.1, -0.05) is 30.3 Å². The zero-order chi connectivity index (χ0) is 11.2. The second-order valence-electron chi connectivity index (χ2n) is 4.82. The van der Waals surface area contributed by atoms with E-state index in [9.17, 15) is 0 Å². The van der Waals surface area contributed by atoms with Crippen molar-refractivity contribution in [3.8, 4) is 0 Å². The monoisotopic (exact) mass is 220 g/mol. The Morgan fingerprint density at radius 1 is 1.31 bits per heavy atom. The number of quaternary nitrogens is 2. The standard InChI is InChI=1S/C14H22N2/c1-2-16-10-6-9-14(16)12-15-11-13-7-4-3-5-8-13/h3-5,7-8,14-15H,2,6,9-12H2,1H3/p+2/t14-/m0/s1. The summed E-state index contributed by atoms with van der Waals surface area (Å²) in [6.45, 7) is 7.42. The first-order valence-corrected chi connectivity index (χ1v) is 6.60. The minimum Gasteiger partial charge on any atom is -0.338 e. The predicted octanol–water partition coefficient (Wildman–Crippen LogP) is -0.183. The molecule has 0 saturated carbocycles. The summed E-state index contributed by atoms with van der Waals surface area (Å²) < 4.78 is 0. The quantitative estimate of drug-likeness (QED) is 0.687. The molecule has 0 radical (unpaired) electrons. The van der Waals surface area contributed by atoms with Crippen LogP contribution in [0.15, 0.2) is 30.3 Å². The molecule has 1 aromatic carbocycles. The SMILES string of the molecule is CC[NH+]1CCC[C@H]1C[NH2+]Cc1ccccc1. The minimum absolute atomic E-state index is 0.897. The Balaban J connectivity index is 1.72. The highest BCUT2D eigenvalue weighted by Crippen LogP contribution is 1.98. The summed E-state index contributed by atoms with van der Waals surface area (Å²) in [4.78, 5) is 1.81. The third-order valence-electron chi connectivity index (χ3n) is 3.76. The number of hydrogen-bond acceptors (Lipinski definition) is 0.